The first-order valence-corrected chi connectivity index (χ1v) is 4.92. The standard InChI is InChI=1S/C12H13NO2/c1-9-4-5-10(12(14)15)11(8-9)13-6-2-3-7-13/h2-5,8H,6-7H2,1H3,(H,14,15). The van der Waals surface area contributed by atoms with Crippen molar-refractivity contribution in [2.45, 2.75) is 6.92 Å². The Bertz CT molecular complexity index is 416. The number of aromatic carboxylic acids is 1. The smallest absolute Gasteiger partial charge is 0.337 e. The quantitative estimate of drug-likeness (QED) is 0.748. The third kappa shape index (κ3) is 1.86. The Hall–Kier alpha value is -1.77. The van der Waals surface area contributed by atoms with Gasteiger partial charge in [-0.05, 0) is 24.6 Å². The zero-order valence-electron chi connectivity index (χ0n) is 8.60. The molecule has 1 aliphatic heterocycles. The summed E-state index contributed by atoms with van der Waals surface area (Å²) < 4.78 is 0. The number of nitrogens with zero attached hydrogens (tertiary/aromatic N) is 1. The van der Waals surface area contributed by atoms with Crippen molar-refractivity contribution < 1.29 is 9.90 Å². The number of rotatable bonds is 2. The predicted octanol–water partition coefficient (Wildman–Crippen LogP) is 2.07. The van der Waals surface area contributed by atoms with Gasteiger partial charge in [0.15, 0.2) is 0 Å². The molecule has 1 aromatic carbocycles. The molecule has 1 heterocycles. The molecule has 0 radical (unpaired) electrons. The predicted molar refractivity (Wildman–Crippen MR) is 59.5 cm³/mol. The molecule has 0 fully saturated rings. The van der Waals surface area contributed by atoms with Crippen molar-refractivity contribution in [2.24, 2.45) is 0 Å². The molecule has 15 heavy (non-hydrogen) atoms. The molecule has 0 spiro atoms. The van der Waals surface area contributed by atoms with Crippen molar-refractivity contribution in [3.63, 3.8) is 0 Å². The van der Waals surface area contributed by atoms with Gasteiger partial charge in [-0.3, -0.25) is 0 Å². The summed E-state index contributed by atoms with van der Waals surface area (Å²) in [5, 5.41) is 9.07. The minimum atomic E-state index is -0.864. The molecule has 0 aromatic heterocycles. The molecular weight excluding hydrogens is 190 g/mol. The van der Waals surface area contributed by atoms with E-state index in [0.717, 1.165) is 24.3 Å². The normalized spacial score (nSPS) is 14.6. The van der Waals surface area contributed by atoms with E-state index in [4.69, 9.17) is 5.11 Å². The van der Waals surface area contributed by atoms with Crippen LogP contribution in [-0.2, 0) is 0 Å². The van der Waals surface area contributed by atoms with Gasteiger partial charge < -0.3 is 10.0 Å². The Morgan fingerprint density at radius 1 is 1.33 bits per heavy atom. The molecular formula is C12H13NO2. The second-order valence-electron chi connectivity index (χ2n) is 3.70. The molecule has 0 saturated heterocycles. The zero-order valence-corrected chi connectivity index (χ0v) is 8.60. The molecule has 1 N–H and O–H groups in total. The van der Waals surface area contributed by atoms with Crippen LogP contribution in [0.2, 0.25) is 0 Å². The SMILES string of the molecule is Cc1ccc(C(=O)O)c(N2CC=CC2)c1. The maximum atomic E-state index is 11.0. The van der Waals surface area contributed by atoms with E-state index >= 15 is 0 Å². The highest BCUT2D eigenvalue weighted by molar-refractivity contribution is 5.94. The molecule has 0 atom stereocenters. The number of hydrogen-bond acceptors (Lipinski definition) is 2. The van der Waals surface area contributed by atoms with E-state index in [9.17, 15) is 4.79 Å². The summed E-state index contributed by atoms with van der Waals surface area (Å²) >= 11 is 0. The average molecular weight is 203 g/mol. The number of anilines is 1. The lowest BCUT2D eigenvalue weighted by molar-refractivity contribution is 0.0697. The number of carbonyl (C=O) groups is 1. The Kier molecular flexibility index (Phi) is 2.46. The second-order valence-corrected chi connectivity index (χ2v) is 3.70. The molecule has 2 rings (SSSR count). The van der Waals surface area contributed by atoms with Crippen molar-refractivity contribution in [1.29, 1.82) is 0 Å². The van der Waals surface area contributed by atoms with Gasteiger partial charge in [-0.1, -0.05) is 18.2 Å². The molecule has 3 nitrogen and oxygen atoms in total. The van der Waals surface area contributed by atoms with Crippen molar-refractivity contribution in [1.82, 2.24) is 0 Å². The first-order valence-electron chi connectivity index (χ1n) is 4.92. The van der Waals surface area contributed by atoms with Crippen molar-refractivity contribution in [3.8, 4) is 0 Å². The van der Waals surface area contributed by atoms with Gasteiger partial charge in [-0.25, -0.2) is 4.79 Å². The van der Waals surface area contributed by atoms with Crippen LogP contribution in [0.25, 0.3) is 0 Å². The summed E-state index contributed by atoms with van der Waals surface area (Å²) in [6.07, 6.45) is 4.10. The van der Waals surface area contributed by atoms with Crippen LogP contribution in [0.4, 0.5) is 5.69 Å². The largest absolute Gasteiger partial charge is 0.478 e. The van der Waals surface area contributed by atoms with E-state index in [2.05, 4.69) is 4.90 Å². The summed E-state index contributed by atoms with van der Waals surface area (Å²) in [6, 6.07) is 5.43. The van der Waals surface area contributed by atoms with Crippen molar-refractivity contribution in [2.75, 3.05) is 18.0 Å². The number of carboxylic acid groups (broad SMARTS) is 1. The van der Waals surface area contributed by atoms with E-state index in [0.29, 0.717) is 5.56 Å². The minimum Gasteiger partial charge on any atom is -0.478 e. The molecule has 0 saturated carbocycles. The van der Waals surface area contributed by atoms with Crippen molar-refractivity contribution >= 4 is 11.7 Å². The van der Waals surface area contributed by atoms with Crippen LogP contribution in [0, 0.1) is 6.92 Å². The van der Waals surface area contributed by atoms with Gasteiger partial charge in [0, 0.05) is 13.1 Å². The van der Waals surface area contributed by atoms with Gasteiger partial charge in [0.1, 0.15) is 0 Å². The van der Waals surface area contributed by atoms with Gasteiger partial charge in [-0.2, -0.15) is 0 Å². The molecule has 0 aliphatic carbocycles. The first kappa shape index (κ1) is 9.77. The maximum Gasteiger partial charge on any atom is 0.337 e. The fourth-order valence-electron chi connectivity index (χ4n) is 1.76. The molecule has 1 aliphatic rings. The Balaban J connectivity index is 2.42. The van der Waals surface area contributed by atoms with Crippen molar-refractivity contribution in [3.05, 3.63) is 41.5 Å². The minimum absolute atomic E-state index is 0.379. The van der Waals surface area contributed by atoms with Crippen LogP contribution in [0.1, 0.15) is 15.9 Å². The molecule has 1 aromatic rings. The number of benzene rings is 1. The zero-order chi connectivity index (χ0) is 10.8. The van der Waals surface area contributed by atoms with Crippen LogP contribution in [-0.4, -0.2) is 24.2 Å². The van der Waals surface area contributed by atoms with Crippen LogP contribution < -0.4 is 4.90 Å². The summed E-state index contributed by atoms with van der Waals surface area (Å²) in [5.41, 5.74) is 2.28. The highest BCUT2D eigenvalue weighted by atomic mass is 16.4. The van der Waals surface area contributed by atoms with Crippen LogP contribution in [0.15, 0.2) is 30.4 Å². The molecule has 0 unspecified atom stereocenters. The molecule has 78 valence electrons. The van der Waals surface area contributed by atoms with Gasteiger partial charge in [-0.15, -0.1) is 0 Å². The Labute approximate surface area is 88.6 Å². The molecule has 3 heteroatoms. The van der Waals surface area contributed by atoms with Gasteiger partial charge in [0.2, 0.25) is 0 Å². The second kappa shape index (κ2) is 3.77. The summed E-state index contributed by atoms with van der Waals surface area (Å²) in [6.45, 7) is 3.56. The van der Waals surface area contributed by atoms with E-state index in [1.807, 2.05) is 31.2 Å². The van der Waals surface area contributed by atoms with E-state index in [1.165, 1.54) is 0 Å². The third-order valence-electron chi connectivity index (χ3n) is 2.54. The van der Waals surface area contributed by atoms with Crippen LogP contribution in [0.3, 0.4) is 0 Å². The first-order chi connectivity index (χ1) is 7.18. The topological polar surface area (TPSA) is 40.5 Å². The van der Waals surface area contributed by atoms with Gasteiger partial charge in [0.25, 0.3) is 0 Å². The number of aryl methyl sites for hydroxylation is 1. The highest BCUT2D eigenvalue weighted by Crippen LogP contribution is 2.23. The number of hydrogen-bond donors (Lipinski definition) is 1. The van der Waals surface area contributed by atoms with E-state index in [-0.39, 0.29) is 0 Å². The van der Waals surface area contributed by atoms with Crippen LogP contribution in [0.5, 0.6) is 0 Å². The summed E-state index contributed by atoms with van der Waals surface area (Å²) in [5.74, 6) is -0.864. The Morgan fingerprint density at radius 2 is 2.00 bits per heavy atom. The monoisotopic (exact) mass is 203 g/mol. The molecule has 0 bridgehead atoms. The van der Waals surface area contributed by atoms with Crippen LogP contribution >= 0.6 is 0 Å². The lowest BCUT2D eigenvalue weighted by Gasteiger charge is -2.20. The van der Waals surface area contributed by atoms with E-state index in [1.54, 1.807) is 6.07 Å². The highest BCUT2D eigenvalue weighted by Gasteiger charge is 2.16. The van der Waals surface area contributed by atoms with Gasteiger partial charge >= 0.3 is 5.97 Å². The average Bonchev–Trinajstić information content (AvgIpc) is 2.69. The van der Waals surface area contributed by atoms with E-state index < -0.39 is 5.97 Å². The molecule has 0 amide bonds. The third-order valence-corrected chi connectivity index (χ3v) is 2.54. The Morgan fingerprint density at radius 3 is 2.60 bits per heavy atom. The maximum absolute atomic E-state index is 11.0. The van der Waals surface area contributed by atoms with Gasteiger partial charge in [0.05, 0.1) is 11.3 Å². The lowest BCUT2D eigenvalue weighted by atomic mass is 10.1. The lowest BCUT2D eigenvalue weighted by Crippen LogP contribution is -2.21. The number of carboxylic acids is 1. The fourth-order valence-corrected chi connectivity index (χ4v) is 1.76. The fraction of sp³-hybridized carbons (Fsp3) is 0.250. The summed E-state index contributed by atoms with van der Waals surface area (Å²) in [4.78, 5) is 13.1. The summed E-state index contributed by atoms with van der Waals surface area (Å²) in [7, 11) is 0.